The maximum absolute atomic E-state index is 13.7. The van der Waals surface area contributed by atoms with Crippen LogP contribution >= 0.6 is 0 Å². The van der Waals surface area contributed by atoms with Gasteiger partial charge in [0.2, 0.25) is 6.41 Å². The summed E-state index contributed by atoms with van der Waals surface area (Å²) in [6, 6.07) is 17.6. The SMILES string of the molecule is CNc1ccccc1N(C=O)c1cc(-n2cnc3ccccc32)cc(C(F)(F)F)c1. The number of nitrogens with zero attached hydrogens (tertiary/aromatic N) is 3. The van der Waals surface area contributed by atoms with Crippen molar-refractivity contribution in [2.24, 2.45) is 0 Å². The molecule has 0 bridgehead atoms. The van der Waals surface area contributed by atoms with Gasteiger partial charge in [-0.25, -0.2) is 4.98 Å². The van der Waals surface area contributed by atoms with Crippen molar-refractivity contribution in [1.82, 2.24) is 9.55 Å². The van der Waals surface area contributed by atoms with Gasteiger partial charge in [0.15, 0.2) is 0 Å². The smallest absolute Gasteiger partial charge is 0.386 e. The molecule has 0 saturated heterocycles. The zero-order valence-corrected chi connectivity index (χ0v) is 15.9. The quantitative estimate of drug-likeness (QED) is 0.450. The van der Waals surface area contributed by atoms with Crippen molar-refractivity contribution in [3.05, 3.63) is 78.6 Å². The lowest BCUT2D eigenvalue weighted by Gasteiger charge is -2.23. The van der Waals surface area contributed by atoms with Crippen LogP contribution in [0.1, 0.15) is 5.56 Å². The van der Waals surface area contributed by atoms with Crippen LogP contribution < -0.4 is 10.2 Å². The molecule has 1 N–H and O–H groups in total. The number of hydrogen-bond acceptors (Lipinski definition) is 3. The molecule has 3 aromatic carbocycles. The normalized spacial score (nSPS) is 11.5. The van der Waals surface area contributed by atoms with Gasteiger partial charge in [-0.2, -0.15) is 13.2 Å². The van der Waals surface area contributed by atoms with Crippen molar-refractivity contribution in [2.45, 2.75) is 6.18 Å². The van der Waals surface area contributed by atoms with E-state index >= 15 is 0 Å². The number of amides is 1. The molecule has 0 aliphatic rings. The summed E-state index contributed by atoms with van der Waals surface area (Å²) in [5.41, 5.74) is 1.85. The van der Waals surface area contributed by atoms with E-state index in [0.717, 1.165) is 12.1 Å². The van der Waals surface area contributed by atoms with Gasteiger partial charge in [-0.15, -0.1) is 0 Å². The maximum atomic E-state index is 13.7. The van der Waals surface area contributed by atoms with Gasteiger partial charge in [0, 0.05) is 12.7 Å². The Labute approximate surface area is 170 Å². The molecule has 0 atom stereocenters. The second kappa shape index (κ2) is 7.55. The number of carbonyl (C=O) groups excluding carboxylic acids is 1. The molecule has 0 saturated carbocycles. The van der Waals surface area contributed by atoms with Crippen molar-refractivity contribution >= 4 is 34.5 Å². The molecule has 0 fully saturated rings. The summed E-state index contributed by atoms with van der Waals surface area (Å²) in [7, 11) is 1.68. The van der Waals surface area contributed by atoms with Crippen LogP contribution in [0.25, 0.3) is 16.7 Å². The Balaban J connectivity index is 1.94. The third-order valence-electron chi connectivity index (χ3n) is 4.78. The molecule has 8 heteroatoms. The Morgan fingerprint density at radius 3 is 2.50 bits per heavy atom. The lowest BCUT2D eigenvalue weighted by molar-refractivity contribution is -0.137. The fourth-order valence-corrected chi connectivity index (χ4v) is 3.35. The molecule has 1 aromatic heterocycles. The monoisotopic (exact) mass is 410 g/mol. The summed E-state index contributed by atoms with van der Waals surface area (Å²) in [5.74, 6) is 0. The number of hydrogen-bond donors (Lipinski definition) is 1. The highest BCUT2D eigenvalue weighted by Crippen LogP contribution is 2.37. The lowest BCUT2D eigenvalue weighted by Crippen LogP contribution is -2.17. The molecule has 30 heavy (non-hydrogen) atoms. The zero-order chi connectivity index (χ0) is 21.3. The van der Waals surface area contributed by atoms with Crippen LogP contribution in [0.2, 0.25) is 0 Å². The predicted molar refractivity (Wildman–Crippen MR) is 110 cm³/mol. The molecule has 1 heterocycles. The van der Waals surface area contributed by atoms with Gasteiger partial charge in [0.25, 0.3) is 0 Å². The second-order valence-electron chi connectivity index (χ2n) is 6.58. The fraction of sp³-hybridized carbons (Fsp3) is 0.0909. The van der Waals surface area contributed by atoms with Crippen LogP contribution in [0.5, 0.6) is 0 Å². The van der Waals surface area contributed by atoms with E-state index in [9.17, 15) is 18.0 Å². The van der Waals surface area contributed by atoms with E-state index < -0.39 is 11.7 Å². The maximum Gasteiger partial charge on any atom is 0.416 e. The van der Waals surface area contributed by atoms with Crippen LogP contribution in [0.4, 0.5) is 30.2 Å². The van der Waals surface area contributed by atoms with Crippen molar-refractivity contribution in [3.8, 4) is 5.69 Å². The largest absolute Gasteiger partial charge is 0.416 e. The molecule has 4 aromatic rings. The number of aromatic nitrogens is 2. The number of anilines is 3. The summed E-state index contributed by atoms with van der Waals surface area (Å²) < 4.78 is 42.6. The third-order valence-corrected chi connectivity index (χ3v) is 4.78. The van der Waals surface area contributed by atoms with E-state index in [1.807, 2.05) is 0 Å². The Kier molecular flexibility index (Phi) is 4.91. The molecular formula is C22H17F3N4O. The summed E-state index contributed by atoms with van der Waals surface area (Å²) in [6.45, 7) is 0. The van der Waals surface area contributed by atoms with Gasteiger partial charge in [-0.05, 0) is 42.5 Å². The molecule has 1 amide bonds. The van der Waals surface area contributed by atoms with E-state index in [0.29, 0.717) is 28.8 Å². The van der Waals surface area contributed by atoms with Crippen molar-refractivity contribution in [3.63, 3.8) is 0 Å². The number of nitrogens with one attached hydrogen (secondary N) is 1. The Morgan fingerprint density at radius 2 is 1.77 bits per heavy atom. The Morgan fingerprint density at radius 1 is 1.03 bits per heavy atom. The van der Waals surface area contributed by atoms with Gasteiger partial charge in [0.05, 0.1) is 33.7 Å². The topological polar surface area (TPSA) is 50.2 Å². The van der Waals surface area contributed by atoms with E-state index in [-0.39, 0.29) is 11.4 Å². The molecule has 0 aliphatic heterocycles. The van der Waals surface area contributed by atoms with Gasteiger partial charge < -0.3 is 5.32 Å². The van der Waals surface area contributed by atoms with E-state index in [2.05, 4.69) is 10.3 Å². The van der Waals surface area contributed by atoms with Crippen molar-refractivity contribution in [1.29, 1.82) is 0 Å². The fourth-order valence-electron chi connectivity index (χ4n) is 3.35. The molecule has 0 aliphatic carbocycles. The average molecular weight is 410 g/mol. The highest BCUT2D eigenvalue weighted by molar-refractivity contribution is 5.92. The number of benzene rings is 3. The second-order valence-corrected chi connectivity index (χ2v) is 6.58. The first kappa shape index (κ1) is 19.5. The van der Waals surface area contributed by atoms with E-state index in [1.54, 1.807) is 60.1 Å². The van der Waals surface area contributed by atoms with E-state index in [1.165, 1.54) is 17.3 Å². The molecule has 4 rings (SSSR count). The van der Waals surface area contributed by atoms with Crippen LogP contribution in [0, 0.1) is 0 Å². The number of para-hydroxylation sites is 4. The van der Waals surface area contributed by atoms with Gasteiger partial charge in [0.1, 0.15) is 6.33 Å². The molecule has 0 spiro atoms. The first-order chi connectivity index (χ1) is 14.4. The molecule has 0 unspecified atom stereocenters. The molecule has 152 valence electrons. The van der Waals surface area contributed by atoms with Crippen LogP contribution in [-0.2, 0) is 11.0 Å². The Hall–Kier alpha value is -3.81. The summed E-state index contributed by atoms with van der Waals surface area (Å²) in [5, 5.41) is 2.95. The highest BCUT2D eigenvalue weighted by Gasteiger charge is 2.32. The number of rotatable bonds is 5. The first-order valence-electron chi connectivity index (χ1n) is 9.08. The standard InChI is InChI=1S/C22H17F3N4O/c1-26-18-6-2-4-8-20(18)29(14-30)17-11-15(22(23,24)25)10-16(12-17)28-13-27-19-7-3-5-9-21(19)28/h2-14,26H,1H3. The minimum absolute atomic E-state index is 0.0929. The van der Waals surface area contributed by atoms with E-state index in [4.69, 9.17) is 0 Å². The van der Waals surface area contributed by atoms with Gasteiger partial charge in [-0.1, -0.05) is 24.3 Å². The molecule has 0 radical (unpaired) electrons. The number of carbonyl (C=O) groups is 1. The van der Waals surface area contributed by atoms with Crippen LogP contribution in [-0.4, -0.2) is 23.0 Å². The average Bonchev–Trinajstić information content (AvgIpc) is 3.18. The minimum Gasteiger partial charge on any atom is -0.386 e. The third kappa shape index (κ3) is 3.47. The molecule has 5 nitrogen and oxygen atoms in total. The number of imidazole rings is 1. The van der Waals surface area contributed by atoms with Gasteiger partial charge in [-0.3, -0.25) is 14.3 Å². The zero-order valence-electron chi connectivity index (χ0n) is 15.9. The minimum atomic E-state index is -4.59. The first-order valence-corrected chi connectivity index (χ1v) is 9.08. The lowest BCUT2D eigenvalue weighted by atomic mass is 10.1. The van der Waals surface area contributed by atoms with Crippen LogP contribution in [0.15, 0.2) is 73.1 Å². The number of alkyl halides is 3. The molecular weight excluding hydrogens is 393 g/mol. The van der Waals surface area contributed by atoms with Crippen LogP contribution in [0.3, 0.4) is 0 Å². The Bertz CT molecular complexity index is 1220. The van der Waals surface area contributed by atoms with Gasteiger partial charge >= 0.3 is 6.18 Å². The van der Waals surface area contributed by atoms with Crippen molar-refractivity contribution in [2.75, 3.05) is 17.3 Å². The predicted octanol–water partition coefficient (Wildman–Crippen LogP) is 5.38. The number of fused-ring (bicyclic) bond motifs is 1. The highest BCUT2D eigenvalue weighted by atomic mass is 19.4. The number of halogens is 3. The summed E-state index contributed by atoms with van der Waals surface area (Å²) in [6.07, 6.45) is -2.61. The van der Waals surface area contributed by atoms with Crippen molar-refractivity contribution < 1.29 is 18.0 Å². The summed E-state index contributed by atoms with van der Waals surface area (Å²) >= 11 is 0. The summed E-state index contributed by atoms with van der Waals surface area (Å²) in [4.78, 5) is 17.4.